The quantitative estimate of drug-likeness (QED) is 0.633. The highest BCUT2D eigenvalue weighted by Crippen LogP contribution is 2.36. The summed E-state index contributed by atoms with van der Waals surface area (Å²) in [6.45, 7) is 1.11. The monoisotopic (exact) mass is 353 g/mol. The van der Waals surface area contributed by atoms with Gasteiger partial charge in [-0.15, -0.1) is 0 Å². The summed E-state index contributed by atoms with van der Waals surface area (Å²) in [4.78, 5) is 8.61. The summed E-state index contributed by atoms with van der Waals surface area (Å²) in [6, 6.07) is 1.12. The number of nitro benzene ring substituents is 1. The zero-order chi connectivity index (χ0) is 17.3. The molecule has 2 rings (SSSR count). The molecule has 1 heterocycles. The lowest BCUT2D eigenvalue weighted by Crippen LogP contribution is -2.43. The molecule has 2 N–H and O–H groups in total. The van der Waals surface area contributed by atoms with E-state index in [1.54, 1.807) is 0 Å². The van der Waals surface area contributed by atoms with Crippen LogP contribution in [-0.4, -0.2) is 32.5 Å². The number of rotatable bonds is 4. The molecule has 0 saturated carbocycles. The first-order valence-corrected chi connectivity index (χ1v) is 8.18. The van der Waals surface area contributed by atoms with Crippen molar-refractivity contribution in [2.45, 2.75) is 30.0 Å². The molecule has 0 bridgehead atoms. The lowest BCUT2D eigenvalue weighted by atomic mass is 10.1. The van der Waals surface area contributed by atoms with Crippen molar-refractivity contribution in [3.05, 3.63) is 33.9 Å². The zero-order valence-corrected chi connectivity index (χ0v) is 12.6. The van der Waals surface area contributed by atoms with E-state index in [4.69, 9.17) is 0 Å². The standard InChI is InChI=1S/C12H14F3N3O4S/c13-12(14,15)10-7-9(18(19)20)1-2-11(10)23(21,22)17-8-3-5-16-6-4-8/h1-2,7-8,16-17H,3-6H2. The molecule has 1 aliphatic rings. The van der Waals surface area contributed by atoms with Gasteiger partial charge in [0.05, 0.1) is 15.4 Å². The minimum absolute atomic E-state index is 0.233. The number of nitro groups is 1. The molecule has 23 heavy (non-hydrogen) atoms. The number of halogens is 3. The molecule has 0 aliphatic carbocycles. The first kappa shape index (κ1) is 17.6. The Bertz CT molecular complexity index is 700. The Morgan fingerprint density at radius 1 is 1.26 bits per heavy atom. The van der Waals surface area contributed by atoms with E-state index in [-0.39, 0.29) is 6.07 Å². The highest BCUT2D eigenvalue weighted by molar-refractivity contribution is 7.89. The van der Waals surface area contributed by atoms with Crippen molar-refractivity contribution in [3.8, 4) is 0 Å². The van der Waals surface area contributed by atoms with Crippen LogP contribution in [0.3, 0.4) is 0 Å². The Hall–Kier alpha value is -1.72. The number of alkyl halides is 3. The number of sulfonamides is 1. The second-order valence-corrected chi connectivity index (χ2v) is 6.76. The van der Waals surface area contributed by atoms with Gasteiger partial charge in [-0.2, -0.15) is 13.2 Å². The van der Waals surface area contributed by atoms with Crippen LogP contribution < -0.4 is 10.0 Å². The number of piperidine rings is 1. The molecular formula is C12H14F3N3O4S. The van der Waals surface area contributed by atoms with E-state index in [1.165, 1.54) is 0 Å². The minimum Gasteiger partial charge on any atom is -0.317 e. The smallest absolute Gasteiger partial charge is 0.317 e. The van der Waals surface area contributed by atoms with Crippen molar-refractivity contribution >= 4 is 15.7 Å². The summed E-state index contributed by atoms with van der Waals surface area (Å²) in [7, 11) is -4.44. The molecule has 0 atom stereocenters. The van der Waals surface area contributed by atoms with E-state index in [2.05, 4.69) is 10.0 Å². The van der Waals surface area contributed by atoms with Crippen molar-refractivity contribution in [1.29, 1.82) is 0 Å². The van der Waals surface area contributed by atoms with Gasteiger partial charge in [0.25, 0.3) is 5.69 Å². The predicted octanol–water partition coefficient (Wildman–Crippen LogP) is 1.64. The van der Waals surface area contributed by atoms with Gasteiger partial charge >= 0.3 is 6.18 Å². The lowest BCUT2D eigenvalue weighted by molar-refractivity contribution is -0.385. The first-order chi connectivity index (χ1) is 10.6. The molecule has 0 amide bonds. The molecule has 1 aromatic carbocycles. The maximum absolute atomic E-state index is 13.1. The Balaban J connectivity index is 2.42. The topological polar surface area (TPSA) is 101 Å². The summed E-state index contributed by atoms with van der Waals surface area (Å²) in [6.07, 6.45) is -4.12. The molecule has 1 saturated heterocycles. The molecule has 0 unspecified atom stereocenters. The van der Waals surface area contributed by atoms with E-state index in [1.807, 2.05) is 0 Å². The van der Waals surface area contributed by atoms with E-state index in [0.717, 1.165) is 6.07 Å². The van der Waals surface area contributed by atoms with Crippen LogP contribution in [0.25, 0.3) is 0 Å². The third-order valence-electron chi connectivity index (χ3n) is 3.43. The van der Waals surface area contributed by atoms with Gasteiger partial charge in [-0.1, -0.05) is 0 Å². The van der Waals surface area contributed by atoms with Gasteiger partial charge in [-0.25, -0.2) is 13.1 Å². The molecular weight excluding hydrogens is 339 g/mol. The van der Waals surface area contributed by atoms with Crippen LogP contribution >= 0.6 is 0 Å². The van der Waals surface area contributed by atoms with Crippen LogP contribution in [0.4, 0.5) is 18.9 Å². The Labute approximate surface area is 130 Å². The molecule has 7 nitrogen and oxygen atoms in total. The van der Waals surface area contributed by atoms with Crippen LogP contribution in [0.2, 0.25) is 0 Å². The summed E-state index contributed by atoms with van der Waals surface area (Å²) >= 11 is 0. The minimum atomic E-state index is -5.02. The molecule has 0 radical (unpaired) electrons. The fourth-order valence-electron chi connectivity index (χ4n) is 2.31. The van der Waals surface area contributed by atoms with E-state index in [9.17, 15) is 31.7 Å². The fourth-order valence-corrected chi connectivity index (χ4v) is 3.82. The molecule has 11 heteroatoms. The van der Waals surface area contributed by atoms with Crippen LogP contribution in [0.1, 0.15) is 18.4 Å². The summed E-state index contributed by atoms with van der Waals surface area (Å²) in [5.74, 6) is 0. The molecule has 1 aromatic rings. The van der Waals surface area contributed by atoms with Gasteiger partial charge in [0.1, 0.15) is 0 Å². The molecule has 0 spiro atoms. The van der Waals surface area contributed by atoms with Crippen molar-refractivity contribution in [3.63, 3.8) is 0 Å². The molecule has 128 valence electrons. The average Bonchev–Trinajstić information content (AvgIpc) is 2.46. The number of benzene rings is 1. The Morgan fingerprint density at radius 3 is 2.39 bits per heavy atom. The van der Waals surface area contributed by atoms with Crippen LogP contribution in [-0.2, 0) is 16.2 Å². The number of hydrogen-bond acceptors (Lipinski definition) is 5. The lowest BCUT2D eigenvalue weighted by Gasteiger charge is -2.24. The normalized spacial score (nSPS) is 17.2. The predicted molar refractivity (Wildman–Crippen MR) is 74.3 cm³/mol. The van der Waals surface area contributed by atoms with Gasteiger partial charge in [0.15, 0.2) is 0 Å². The highest BCUT2D eigenvalue weighted by atomic mass is 32.2. The zero-order valence-electron chi connectivity index (χ0n) is 11.8. The summed E-state index contributed by atoms with van der Waals surface area (Å²) in [5.41, 5.74) is -2.37. The van der Waals surface area contributed by atoms with Crippen molar-refractivity contribution in [2.24, 2.45) is 0 Å². The Kier molecular flexibility index (Phi) is 4.92. The van der Waals surface area contributed by atoms with E-state index < -0.39 is 43.3 Å². The van der Waals surface area contributed by atoms with Gasteiger partial charge in [0.2, 0.25) is 10.0 Å². The maximum Gasteiger partial charge on any atom is 0.417 e. The largest absolute Gasteiger partial charge is 0.417 e. The van der Waals surface area contributed by atoms with Crippen molar-refractivity contribution in [2.75, 3.05) is 13.1 Å². The summed E-state index contributed by atoms with van der Waals surface area (Å²) in [5, 5.41) is 13.6. The number of hydrogen-bond donors (Lipinski definition) is 2. The average molecular weight is 353 g/mol. The van der Waals surface area contributed by atoms with Gasteiger partial charge in [0, 0.05) is 18.2 Å². The van der Waals surface area contributed by atoms with Gasteiger partial charge in [-0.3, -0.25) is 10.1 Å². The number of non-ortho nitro benzene ring substituents is 1. The van der Waals surface area contributed by atoms with Crippen LogP contribution in [0.5, 0.6) is 0 Å². The number of nitrogens with one attached hydrogen (secondary N) is 2. The molecule has 0 aromatic heterocycles. The third-order valence-corrected chi connectivity index (χ3v) is 5.01. The third kappa shape index (κ3) is 4.18. The molecule has 1 aliphatic heterocycles. The van der Waals surface area contributed by atoms with Gasteiger partial charge in [-0.05, 0) is 32.0 Å². The van der Waals surface area contributed by atoms with Crippen molar-refractivity contribution in [1.82, 2.24) is 10.0 Å². The maximum atomic E-state index is 13.1. The SMILES string of the molecule is O=[N+]([O-])c1ccc(S(=O)(=O)NC2CCNCC2)c(C(F)(F)F)c1. The van der Waals surface area contributed by atoms with Crippen molar-refractivity contribution < 1.29 is 26.5 Å². The highest BCUT2D eigenvalue weighted by Gasteiger charge is 2.39. The second-order valence-electron chi connectivity index (χ2n) is 5.08. The fraction of sp³-hybridized carbons (Fsp3) is 0.500. The van der Waals surface area contributed by atoms with Crippen LogP contribution in [0.15, 0.2) is 23.1 Å². The first-order valence-electron chi connectivity index (χ1n) is 6.70. The Morgan fingerprint density at radius 2 is 1.87 bits per heavy atom. The van der Waals surface area contributed by atoms with E-state index in [0.29, 0.717) is 32.0 Å². The summed E-state index contributed by atoms with van der Waals surface area (Å²) < 4.78 is 66.0. The second kappa shape index (κ2) is 6.42. The number of nitrogens with zero attached hydrogens (tertiary/aromatic N) is 1. The van der Waals surface area contributed by atoms with Gasteiger partial charge < -0.3 is 5.32 Å². The molecule has 1 fully saturated rings. The van der Waals surface area contributed by atoms with Crippen LogP contribution in [0, 0.1) is 10.1 Å². The van der Waals surface area contributed by atoms with E-state index >= 15 is 0 Å².